The number of nitrogens with one attached hydrogen (secondary N) is 1. The lowest BCUT2D eigenvalue weighted by atomic mass is 9.77. The molecule has 0 aromatic heterocycles. The van der Waals surface area contributed by atoms with Crippen molar-refractivity contribution < 1.29 is 4.74 Å². The zero-order valence-corrected chi connectivity index (χ0v) is 22.5. The fraction of sp³-hybridized carbons (Fsp3) is 0.156. The average molecular weight is 570 g/mol. The van der Waals surface area contributed by atoms with Gasteiger partial charge in [0.05, 0.1) is 11.7 Å². The molecule has 1 aliphatic heterocycles. The highest BCUT2D eigenvalue weighted by Crippen LogP contribution is 2.49. The van der Waals surface area contributed by atoms with Crippen LogP contribution in [0.5, 0.6) is 5.75 Å². The quantitative estimate of drug-likeness (QED) is 0.185. The summed E-state index contributed by atoms with van der Waals surface area (Å²) in [5.41, 5.74) is 6.77. The number of anilines is 1. The largest absolute Gasteiger partial charge is 0.488 e. The number of ether oxygens (including phenoxy) is 1. The molecule has 5 heteroatoms. The molecule has 0 amide bonds. The summed E-state index contributed by atoms with van der Waals surface area (Å²) in [6.45, 7) is 0.437. The van der Waals surface area contributed by atoms with Crippen LogP contribution in [-0.4, -0.2) is 6.21 Å². The summed E-state index contributed by atoms with van der Waals surface area (Å²) in [7, 11) is 0. The van der Waals surface area contributed by atoms with Gasteiger partial charge in [0.25, 0.3) is 0 Å². The molecule has 0 radical (unpaired) electrons. The predicted molar refractivity (Wildman–Crippen MR) is 156 cm³/mol. The molecule has 4 aromatic carbocycles. The minimum atomic E-state index is 0.282. The molecule has 3 atom stereocenters. The van der Waals surface area contributed by atoms with Crippen LogP contribution in [0.3, 0.4) is 0 Å². The molecule has 0 fully saturated rings. The van der Waals surface area contributed by atoms with Crippen molar-refractivity contribution in [3.8, 4) is 5.75 Å². The normalized spacial score (nSPS) is 19.9. The number of hydrogen-bond donors (Lipinski definition) is 1. The van der Waals surface area contributed by atoms with Gasteiger partial charge in [-0.3, -0.25) is 4.99 Å². The maximum absolute atomic E-state index is 6.12. The molecule has 1 aliphatic carbocycles. The fourth-order valence-corrected chi connectivity index (χ4v) is 5.92. The molecular formula is C32H26BrClN2O. The van der Waals surface area contributed by atoms with Crippen molar-refractivity contribution in [2.24, 2.45) is 10.9 Å². The first kappa shape index (κ1) is 24.0. The highest BCUT2D eigenvalue weighted by Gasteiger charge is 2.37. The molecule has 0 bridgehead atoms. The van der Waals surface area contributed by atoms with Gasteiger partial charge >= 0.3 is 0 Å². The predicted octanol–water partition coefficient (Wildman–Crippen LogP) is 9.26. The van der Waals surface area contributed by atoms with E-state index in [1.54, 1.807) is 0 Å². The number of allylic oxidation sites excluding steroid dienone is 2. The van der Waals surface area contributed by atoms with Crippen molar-refractivity contribution in [1.29, 1.82) is 0 Å². The molecule has 2 aliphatic rings. The van der Waals surface area contributed by atoms with E-state index in [1.807, 2.05) is 48.7 Å². The Labute approximate surface area is 231 Å². The molecule has 3 nitrogen and oxygen atoms in total. The van der Waals surface area contributed by atoms with E-state index in [1.165, 1.54) is 16.8 Å². The molecule has 0 saturated heterocycles. The lowest BCUT2D eigenvalue weighted by Gasteiger charge is -2.37. The van der Waals surface area contributed by atoms with Crippen LogP contribution in [0.4, 0.5) is 11.4 Å². The molecule has 1 heterocycles. The molecule has 0 unspecified atom stereocenters. The van der Waals surface area contributed by atoms with Crippen molar-refractivity contribution in [3.05, 3.63) is 135 Å². The number of hydrogen-bond acceptors (Lipinski definition) is 3. The van der Waals surface area contributed by atoms with E-state index in [9.17, 15) is 0 Å². The standard InChI is InChI=1S/C32H26BrClN2O/c33-24-13-16-31(37-20-21-5-3-6-25(34)17-21)23(18-24)19-35-26-14-11-22(12-15-26)32-29-9-4-8-27(29)28-7-1-2-10-30(28)36-32/h1-8,10-19,27,29,32,36H,9,20H2/t27-,29-,32-/m0/s1. The van der Waals surface area contributed by atoms with Crippen LogP contribution in [0.25, 0.3) is 0 Å². The Hall–Kier alpha value is -3.34. The van der Waals surface area contributed by atoms with Crippen LogP contribution < -0.4 is 10.1 Å². The van der Waals surface area contributed by atoms with E-state index in [0.717, 1.165) is 33.5 Å². The second-order valence-corrected chi connectivity index (χ2v) is 10.9. The van der Waals surface area contributed by atoms with E-state index in [2.05, 4.69) is 81.9 Å². The molecule has 0 spiro atoms. The summed E-state index contributed by atoms with van der Waals surface area (Å²) < 4.78 is 7.08. The van der Waals surface area contributed by atoms with E-state index in [0.29, 0.717) is 23.5 Å². The minimum Gasteiger partial charge on any atom is -0.488 e. The highest BCUT2D eigenvalue weighted by molar-refractivity contribution is 9.10. The summed E-state index contributed by atoms with van der Waals surface area (Å²) in [5.74, 6) is 1.78. The number of fused-ring (bicyclic) bond motifs is 3. The Morgan fingerprint density at radius 2 is 1.84 bits per heavy atom. The minimum absolute atomic E-state index is 0.282. The molecule has 37 heavy (non-hydrogen) atoms. The third-order valence-corrected chi connectivity index (χ3v) is 7.86. The first-order chi connectivity index (χ1) is 18.1. The van der Waals surface area contributed by atoms with Gasteiger partial charge in [-0.25, -0.2) is 0 Å². The van der Waals surface area contributed by atoms with Gasteiger partial charge in [0, 0.05) is 32.9 Å². The zero-order valence-electron chi connectivity index (χ0n) is 20.1. The zero-order chi connectivity index (χ0) is 25.2. The van der Waals surface area contributed by atoms with E-state index < -0.39 is 0 Å². The monoisotopic (exact) mass is 568 g/mol. The summed E-state index contributed by atoms with van der Waals surface area (Å²) >= 11 is 9.68. The van der Waals surface area contributed by atoms with Crippen LogP contribution in [-0.2, 0) is 6.61 Å². The Bertz CT molecular complexity index is 1480. The van der Waals surface area contributed by atoms with Crippen molar-refractivity contribution in [2.45, 2.75) is 25.0 Å². The van der Waals surface area contributed by atoms with Crippen LogP contribution in [0.15, 0.2) is 113 Å². The third-order valence-electron chi connectivity index (χ3n) is 7.13. The van der Waals surface area contributed by atoms with Crippen molar-refractivity contribution >= 4 is 45.1 Å². The first-order valence-corrected chi connectivity index (χ1v) is 13.6. The summed E-state index contributed by atoms with van der Waals surface area (Å²) in [6, 6.07) is 31.2. The summed E-state index contributed by atoms with van der Waals surface area (Å²) in [6.07, 6.45) is 7.66. The molecular weight excluding hydrogens is 544 g/mol. The van der Waals surface area contributed by atoms with Crippen LogP contribution in [0.1, 0.15) is 40.6 Å². The van der Waals surface area contributed by atoms with Gasteiger partial charge in [0.1, 0.15) is 12.4 Å². The smallest absolute Gasteiger partial charge is 0.128 e. The van der Waals surface area contributed by atoms with E-state index in [4.69, 9.17) is 21.3 Å². The Balaban J connectivity index is 1.19. The second kappa shape index (κ2) is 10.6. The van der Waals surface area contributed by atoms with Crippen LogP contribution in [0, 0.1) is 5.92 Å². The number of benzene rings is 4. The Kier molecular flexibility index (Phi) is 6.86. The Morgan fingerprint density at radius 1 is 0.973 bits per heavy atom. The number of aliphatic imine (C=N–C) groups is 1. The van der Waals surface area contributed by atoms with Gasteiger partial charge in [0.2, 0.25) is 0 Å². The van der Waals surface area contributed by atoms with E-state index >= 15 is 0 Å². The first-order valence-electron chi connectivity index (χ1n) is 12.5. The molecule has 6 rings (SSSR count). The maximum Gasteiger partial charge on any atom is 0.128 e. The Morgan fingerprint density at radius 3 is 2.70 bits per heavy atom. The average Bonchev–Trinajstić information content (AvgIpc) is 3.42. The molecule has 184 valence electrons. The van der Waals surface area contributed by atoms with Gasteiger partial charge in [-0.1, -0.05) is 82.1 Å². The fourth-order valence-electron chi connectivity index (χ4n) is 5.32. The lowest BCUT2D eigenvalue weighted by Crippen LogP contribution is -2.28. The van der Waals surface area contributed by atoms with Crippen molar-refractivity contribution in [2.75, 3.05) is 5.32 Å². The molecule has 1 N–H and O–H groups in total. The number of halogens is 2. The van der Waals surface area contributed by atoms with Gasteiger partial charge in [-0.05, 0) is 77.6 Å². The van der Waals surface area contributed by atoms with Gasteiger partial charge in [0.15, 0.2) is 0 Å². The van der Waals surface area contributed by atoms with Crippen LogP contribution in [0.2, 0.25) is 5.02 Å². The molecule has 0 saturated carbocycles. The third kappa shape index (κ3) is 5.22. The van der Waals surface area contributed by atoms with Gasteiger partial charge in [-0.15, -0.1) is 0 Å². The van der Waals surface area contributed by atoms with Crippen LogP contribution >= 0.6 is 27.5 Å². The topological polar surface area (TPSA) is 33.6 Å². The maximum atomic E-state index is 6.12. The summed E-state index contributed by atoms with van der Waals surface area (Å²) in [5, 5.41) is 4.50. The lowest BCUT2D eigenvalue weighted by molar-refractivity contribution is 0.306. The van der Waals surface area contributed by atoms with Crippen molar-refractivity contribution in [1.82, 2.24) is 0 Å². The van der Waals surface area contributed by atoms with Crippen molar-refractivity contribution in [3.63, 3.8) is 0 Å². The summed E-state index contributed by atoms with van der Waals surface area (Å²) in [4.78, 5) is 4.76. The SMILES string of the molecule is Clc1cccc(COc2ccc(Br)cc2C=Nc2ccc([C@@H]3Nc4ccccc4[C@@H]4C=CC[C@@H]43)cc2)c1. The van der Waals surface area contributed by atoms with Gasteiger partial charge < -0.3 is 10.1 Å². The molecule has 4 aromatic rings. The highest BCUT2D eigenvalue weighted by atomic mass is 79.9. The number of rotatable bonds is 6. The second-order valence-electron chi connectivity index (χ2n) is 9.51. The number of para-hydroxylation sites is 1. The van der Waals surface area contributed by atoms with E-state index in [-0.39, 0.29) is 6.04 Å². The number of nitrogens with zero attached hydrogens (tertiary/aromatic N) is 1. The van der Waals surface area contributed by atoms with Gasteiger partial charge in [-0.2, -0.15) is 0 Å².